The monoisotopic (exact) mass is 213 g/mol. The fraction of sp³-hybridized carbons (Fsp3) is 0. The summed E-state index contributed by atoms with van der Waals surface area (Å²) in [6, 6.07) is 4.00. The van der Waals surface area contributed by atoms with Crippen molar-refractivity contribution in [3.8, 4) is 0 Å². The molecule has 0 amide bonds. The molecule has 0 atom stereocenters. The van der Waals surface area contributed by atoms with Crippen LogP contribution in [0.5, 0.6) is 0 Å². The molecule has 1 aromatic heterocycles. The lowest BCUT2D eigenvalue weighted by Crippen LogP contribution is -1.97. The quantitative estimate of drug-likeness (QED) is 0.594. The SMILES string of the molecule is Nc1nc2ccc(S(=O)(=O)O)cc2[nH]1. The zero-order valence-corrected chi connectivity index (χ0v) is 7.75. The molecule has 0 spiro atoms. The molecule has 0 fully saturated rings. The topological polar surface area (TPSA) is 109 Å². The van der Waals surface area contributed by atoms with Crippen molar-refractivity contribution in [3.63, 3.8) is 0 Å². The molecule has 14 heavy (non-hydrogen) atoms. The van der Waals surface area contributed by atoms with E-state index in [1.165, 1.54) is 18.2 Å². The fourth-order valence-electron chi connectivity index (χ4n) is 1.17. The summed E-state index contributed by atoms with van der Waals surface area (Å²) in [6.07, 6.45) is 0. The maximum Gasteiger partial charge on any atom is 0.294 e. The molecule has 0 aliphatic heterocycles. The van der Waals surface area contributed by atoms with Crippen LogP contribution in [0.15, 0.2) is 23.1 Å². The van der Waals surface area contributed by atoms with Gasteiger partial charge < -0.3 is 10.7 Å². The van der Waals surface area contributed by atoms with Crippen LogP contribution in [-0.2, 0) is 10.1 Å². The molecule has 6 nitrogen and oxygen atoms in total. The third-order valence-electron chi connectivity index (χ3n) is 1.77. The van der Waals surface area contributed by atoms with E-state index in [0.29, 0.717) is 11.0 Å². The lowest BCUT2D eigenvalue weighted by Gasteiger charge is -1.95. The zero-order valence-electron chi connectivity index (χ0n) is 6.93. The van der Waals surface area contributed by atoms with E-state index in [2.05, 4.69) is 9.97 Å². The van der Waals surface area contributed by atoms with Crippen molar-refractivity contribution in [2.75, 3.05) is 5.73 Å². The van der Waals surface area contributed by atoms with E-state index in [-0.39, 0.29) is 10.8 Å². The van der Waals surface area contributed by atoms with E-state index in [1.807, 2.05) is 0 Å². The number of nitrogens with two attached hydrogens (primary N) is 1. The number of aromatic nitrogens is 2. The second kappa shape index (κ2) is 2.69. The summed E-state index contributed by atoms with van der Waals surface area (Å²) in [6.45, 7) is 0. The van der Waals surface area contributed by atoms with Crippen molar-refractivity contribution < 1.29 is 13.0 Å². The average Bonchev–Trinajstić information content (AvgIpc) is 2.41. The average molecular weight is 213 g/mol. The molecule has 0 saturated heterocycles. The summed E-state index contributed by atoms with van der Waals surface area (Å²) in [5, 5.41) is 0. The van der Waals surface area contributed by atoms with Gasteiger partial charge in [-0.1, -0.05) is 0 Å². The lowest BCUT2D eigenvalue weighted by molar-refractivity contribution is 0.483. The number of rotatable bonds is 1. The van der Waals surface area contributed by atoms with Gasteiger partial charge in [-0.05, 0) is 18.2 Å². The number of hydrogen-bond donors (Lipinski definition) is 3. The van der Waals surface area contributed by atoms with Crippen LogP contribution in [0.3, 0.4) is 0 Å². The van der Waals surface area contributed by atoms with E-state index in [0.717, 1.165) is 0 Å². The number of hydrogen-bond acceptors (Lipinski definition) is 4. The summed E-state index contributed by atoms with van der Waals surface area (Å²) in [5.74, 6) is 0.201. The van der Waals surface area contributed by atoms with Crippen LogP contribution in [0.1, 0.15) is 0 Å². The molecular weight excluding hydrogens is 206 g/mol. The van der Waals surface area contributed by atoms with Crippen LogP contribution in [0, 0.1) is 0 Å². The Morgan fingerprint density at radius 2 is 2.14 bits per heavy atom. The predicted octanol–water partition coefficient (Wildman–Crippen LogP) is 0.392. The Balaban J connectivity index is 2.74. The van der Waals surface area contributed by atoms with Crippen molar-refractivity contribution in [2.45, 2.75) is 4.90 Å². The second-order valence-corrected chi connectivity index (χ2v) is 4.20. The number of fused-ring (bicyclic) bond motifs is 1. The molecule has 4 N–H and O–H groups in total. The van der Waals surface area contributed by atoms with Crippen molar-refractivity contribution in [1.82, 2.24) is 9.97 Å². The Labute approximate surface area is 79.5 Å². The van der Waals surface area contributed by atoms with Crippen LogP contribution in [0.25, 0.3) is 11.0 Å². The van der Waals surface area contributed by atoms with Gasteiger partial charge in [-0.3, -0.25) is 4.55 Å². The van der Waals surface area contributed by atoms with E-state index in [1.54, 1.807) is 0 Å². The van der Waals surface area contributed by atoms with Gasteiger partial charge in [0, 0.05) is 0 Å². The van der Waals surface area contributed by atoms with Crippen molar-refractivity contribution in [1.29, 1.82) is 0 Å². The molecule has 74 valence electrons. The second-order valence-electron chi connectivity index (χ2n) is 2.78. The van der Waals surface area contributed by atoms with Gasteiger partial charge in [0.05, 0.1) is 15.9 Å². The number of nitrogens with zero attached hydrogens (tertiary/aromatic N) is 1. The van der Waals surface area contributed by atoms with Gasteiger partial charge in [-0.15, -0.1) is 0 Å². The standard InChI is InChI=1S/C7H7N3O3S/c8-7-9-5-2-1-4(14(11,12)13)3-6(5)10-7/h1-3H,(H3,8,9,10)(H,11,12,13). The highest BCUT2D eigenvalue weighted by Crippen LogP contribution is 2.17. The summed E-state index contributed by atoms with van der Waals surface area (Å²) >= 11 is 0. The minimum atomic E-state index is -4.17. The molecule has 0 radical (unpaired) electrons. The maximum atomic E-state index is 10.8. The number of anilines is 1. The highest BCUT2D eigenvalue weighted by molar-refractivity contribution is 7.85. The summed E-state index contributed by atoms with van der Waals surface area (Å²) in [7, 11) is -4.17. The van der Waals surface area contributed by atoms with Gasteiger partial charge in [0.1, 0.15) is 0 Å². The minimum Gasteiger partial charge on any atom is -0.369 e. The van der Waals surface area contributed by atoms with Gasteiger partial charge in [-0.25, -0.2) is 4.98 Å². The van der Waals surface area contributed by atoms with Gasteiger partial charge in [-0.2, -0.15) is 8.42 Å². The van der Waals surface area contributed by atoms with E-state index < -0.39 is 10.1 Å². The minimum absolute atomic E-state index is 0.186. The Kier molecular flexibility index (Phi) is 1.73. The molecule has 2 aromatic rings. The third kappa shape index (κ3) is 1.42. The first-order chi connectivity index (χ1) is 6.47. The highest BCUT2D eigenvalue weighted by atomic mass is 32.2. The van der Waals surface area contributed by atoms with Gasteiger partial charge >= 0.3 is 0 Å². The molecule has 0 unspecified atom stereocenters. The van der Waals surface area contributed by atoms with Crippen LogP contribution < -0.4 is 5.73 Å². The van der Waals surface area contributed by atoms with Crippen molar-refractivity contribution in [2.24, 2.45) is 0 Å². The summed E-state index contributed by atoms with van der Waals surface area (Å²) in [5.41, 5.74) is 6.39. The Morgan fingerprint density at radius 1 is 1.43 bits per heavy atom. The predicted molar refractivity (Wildman–Crippen MR) is 50.3 cm³/mol. The molecule has 1 aromatic carbocycles. The van der Waals surface area contributed by atoms with Gasteiger partial charge in [0.15, 0.2) is 5.95 Å². The number of nitrogen functional groups attached to an aromatic ring is 1. The van der Waals surface area contributed by atoms with Crippen LogP contribution in [-0.4, -0.2) is 22.9 Å². The van der Waals surface area contributed by atoms with Gasteiger partial charge in [0.2, 0.25) is 0 Å². The molecule has 0 aliphatic rings. The molecule has 1 heterocycles. The molecule has 2 rings (SSSR count). The van der Waals surface area contributed by atoms with Crippen LogP contribution in [0.4, 0.5) is 5.95 Å². The van der Waals surface area contributed by atoms with Crippen LogP contribution in [0.2, 0.25) is 0 Å². The third-order valence-corrected chi connectivity index (χ3v) is 2.62. The Bertz CT molecular complexity index is 587. The number of nitrogens with one attached hydrogen (secondary N) is 1. The number of benzene rings is 1. The molecule has 7 heteroatoms. The number of aromatic amines is 1. The first kappa shape index (κ1) is 8.97. The van der Waals surface area contributed by atoms with E-state index in [9.17, 15) is 8.42 Å². The maximum absolute atomic E-state index is 10.8. The van der Waals surface area contributed by atoms with Crippen molar-refractivity contribution >= 4 is 27.1 Å². The smallest absolute Gasteiger partial charge is 0.294 e. The Morgan fingerprint density at radius 3 is 2.79 bits per heavy atom. The summed E-state index contributed by atoms with van der Waals surface area (Å²) < 4.78 is 30.3. The van der Waals surface area contributed by atoms with Crippen molar-refractivity contribution in [3.05, 3.63) is 18.2 Å². The fourth-order valence-corrected chi connectivity index (χ4v) is 1.68. The first-order valence-corrected chi connectivity index (χ1v) is 5.13. The zero-order chi connectivity index (χ0) is 10.3. The van der Waals surface area contributed by atoms with E-state index >= 15 is 0 Å². The number of H-pyrrole nitrogens is 1. The largest absolute Gasteiger partial charge is 0.369 e. The highest BCUT2D eigenvalue weighted by Gasteiger charge is 2.10. The normalized spacial score (nSPS) is 12.1. The first-order valence-electron chi connectivity index (χ1n) is 3.69. The molecule has 0 saturated carbocycles. The summed E-state index contributed by atoms with van der Waals surface area (Å²) in [4.78, 5) is 6.36. The molecule has 0 aliphatic carbocycles. The lowest BCUT2D eigenvalue weighted by atomic mass is 10.3. The molecular formula is C7H7N3O3S. The Hall–Kier alpha value is -1.60. The number of imidazole rings is 1. The van der Waals surface area contributed by atoms with E-state index in [4.69, 9.17) is 10.3 Å². The van der Waals surface area contributed by atoms with Gasteiger partial charge in [0.25, 0.3) is 10.1 Å². The van der Waals surface area contributed by atoms with Crippen LogP contribution >= 0.6 is 0 Å². The molecule has 0 bridgehead atoms.